The van der Waals surface area contributed by atoms with Crippen LogP contribution in [0.1, 0.15) is 84.0 Å². The topological polar surface area (TPSA) is 17.1 Å². The highest BCUT2D eigenvalue weighted by Crippen LogP contribution is 2.10. The monoisotopic (exact) mass is 264 g/mol. The number of hydrogen-bond acceptors (Lipinski definition) is 1. The molecule has 0 saturated heterocycles. The van der Waals surface area contributed by atoms with Crippen LogP contribution in [-0.4, -0.2) is 6.29 Å². The van der Waals surface area contributed by atoms with Crippen molar-refractivity contribution >= 4 is 6.29 Å². The molecule has 0 rings (SSSR count). The minimum atomic E-state index is 0.858. The lowest BCUT2D eigenvalue weighted by Crippen LogP contribution is -1.80. The van der Waals surface area contributed by atoms with Gasteiger partial charge in [-0.1, -0.05) is 70.1 Å². The van der Waals surface area contributed by atoms with Gasteiger partial charge in [0.2, 0.25) is 0 Å². The van der Waals surface area contributed by atoms with Crippen molar-refractivity contribution in [1.82, 2.24) is 0 Å². The fourth-order valence-corrected chi connectivity index (χ4v) is 2.12. The molecule has 0 aromatic heterocycles. The highest BCUT2D eigenvalue weighted by atomic mass is 16.1. The number of aldehydes is 1. The van der Waals surface area contributed by atoms with Crippen LogP contribution in [0, 0.1) is 0 Å². The molecular weight excluding hydrogens is 232 g/mol. The lowest BCUT2D eigenvalue weighted by molar-refractivity contribution is -0.104. The fourth-order valence-electron chi connectivity index (χ4n) is 2.12. The van der Waals surface area contributed by atoms with Crippen LogP contribution in [0.15, 0.2) is 24.3 Å². The quantitative estimate of drug-likeness (QED) is 0.163. The van der Waals surface area contributed by atoms with Crippen molar-refractivity contribution in [3.63, 3.8) is 0 Å². The summed E-state index contributed by atoms with van der Waals surface area (Å²) in [6, 6.07) is 0. The van der Waals surface area contributed by atoms with E-state index in [4.69, 9.17) is 0 Å². The number of carbonyl (C=O) groups is 1. The SMILES string of the molecule is CCCCC=CCCCCCCCCC/C=C\C=O. The van der Waals surface area contributed by atoms with Crippen LogP contribution in [0.25, 0.3) is 0 Å². The van der Waals surface area contributed by atoms with Crippen LogP contribution < -0.4 is 0 Å². The van der Waals surface area contributed by atoms with E-state index in [-0.39, 0.29) is 0 Å². The van der Waals surface area contributed by atoms with Crippen molar-refractivity contribution in [3.8, 4) is 0 Å². The molecule has 110 valence electrons. The summed E-state index contributed by atoms with van der Waals surface area (Å²) >= 11 is 0. The Hall–Kier alpha value is -0.850. The Bertz CT molecular complexity index is 228. The van der Waals surface area contributed by atoms with E-state index in [2.05, 4.69) is 19.1 Å². The number of rotatable bonds is 14. The molecule has 0 bridgehead atoms. The lowest BCUT2D eigenvalue weighted by Gasteiger charge is -2.00. The zero-order valence-corrected chi connectivity index (χ0v) is 12.8. The predicted octanol–water partition coefficient (Wildman–Crippen LogP) is 6.00. The first kappa shape index (κ1) is 18.1. The number of carbonyl (C=O) groups excluding carboxylic acids is 1. The lowest BCUT2D eigenvalue weighted by atomic mass is 10.1. The second-order valence-corrected chi connectivity index (χ2v) is 5.23. The molecule has 0 atom stereocenters. The van der Waals surface area contributed by atoms with E-state index in [9.17, 15) is 4.79 Å². The van der Waals surface area contributed by atoms with Crippen molar-refractivity contribution in [2.75, 3.05) is 0 Å². The molecule has 1 heteroatoms. The number of hydrogen-bond donors (Lipinski definition) is 0. The van der Waals surface area contributed by atoms with Gasteiger partial charge in [-0.05, 0) is 38.2 Å². The van der Waals surface area contributed by atoms with Gasteiger partial charge in [0, 0.05) is 0 Å². The second kappa shape index (κ2) is 17.2. The largest absolute Gasteiger partial charge is 0.299 e. The summed E-state index contributed by atoms with van der Waals surface area (Å²) in [5.74, 6) is 0. The maximum absolute atomic E-state index is 10.0. The summed E-state index contributed by atoms with van der Waals surface area (Å²) in [6.45, 7) is 2.24. The van der Waals surface area contributed by atoms with E-state index in [1.165, 1.54) is 70.6 Å². The third kappa shape index (κ3) is 17.1. The van der Waals surface area contributed by atoms with Crippen molar-refractivity contribution in [2.24, 2.45) is 0 Å². The normalized spacial score (nSPS) is 11.6. The van der Waals surface area contributed by atoms with E-state index in [1.54, 1.807) is 6.08 Å². The summed E-state index contributed by atoms with van der Waals surface area (Å²) in [6.07, 6.45) is 24.7. The third-order valence-corrected chi connectivity index (χ3v) is 3.35. The van der Waals surface area contributed by atoms with Gasteiger partial charge >= 0.3 is 0 Å². The van der Waals surface area contributed by atoms with Gasteiger partial charge in [0.05, 0.1) is 0 Å². The molecule has 0 spiro atoms. The Labute approximate surface area is 120 Å². The molecule has 0 radical (unpaired) electrons. The minimum absolute atomic E-state index is 0.858. The van der Waals surface area contributed by atoms with E-state index < -0.39 is 0 Å². The summed E-state index contributed by atoms with van der Waals surface area (Å²) in [5.41, 5.74) is 0. The van der Waals surface area contributed by atoms with Crippen LogP contribution in [0.3, 0.4) is 0 Å². The van der Waals surface area contributed by atoms with Gasteiger partial charge in [0.25, 0.3) is 0 Å². The molecule has 1 nitrogen and oxygen atoms in total. The molecule has 0 aromatic rings. The molecule has 0 aliphatic carbocycles. The van der Waals surface area contributed by atoms with Gasteiger partial charge in [-0.25, -0.2) is 0 Å². The minimum Gasteiger partial charge on any atom is -0.299 e. The molecule has 0 unspecified atom stereocenters. The van der Waals surface area contributed by atoms with Crippen LogP contribution in [0.5, 0.6) is 0 Å². The van der Waals surface area contributed by atoms with Crippen LogP contribution in [-0.2, 0) is 4.79 Å². The average molecular weight is 264 g/mol. The Balaban J connectivity index is 3.04. The molecule has 0 heterocycles. The Morgan fingerprint density at radius 2 is 1.11 bits per heavy atom. The predicted molar refractivity (Wildman–Crippen MR) is 85.4 cm³/mol. The first-order valence-electron chi connectivity index (χ1n) is 8.17. The van der Waals surface area contributed by atoms with E-state index in [0.29, 0.717) is 0 Å². The van der Waals surface area contributed by atoms with Crippen molar-refractivity contribution in [3.05, 3.63) is 24.3 Å². The Kier molecular flexibility index (Phi) is 16.4. The zero-order chi connectivity index (χ0) is 14.0. The van der Waals surface area contributed by atoms with Gasteiger partial charge in [-0.2, -0.15) is 0 Å². The molecule has 0 amide bonds. The van der Waals surface area contributed by atoms with Crippen LogP contribution >= 0.6 is 0 Å². The molecule has 0 saturated carbocycles. The zero-order valence-electron chi connectivity index (χ0n) is 12.8. The Morgan fingerprint density at radius 3 is 1.63 bits per heavy atom. The first-order valence-corrected chi connectivity index (χ1v) is 8.17. The van der Waals surface area contributed by atoms with Crippen LogP contribution in [0.4, 0.5) is 0 Å². The van der Waals surface area contributed by atoms with Crippen LogP contribution in [0.2, 0.25) is 0 Å². The molecule has 19 heavy (non-hydrogen) atoms. The third-order valence-electron chi connectivity index (χ3n) is 3.35. The fraction of sp³-hybridized carbons (Fsp3) is 0.722. The standard InChI is InChI=1S/C18H32O/c1-2-3-4-5-6-7-8-9-10-11-12-13-14-15-16-17-18-19/h5-6,16-18H,2-4,7-15H2,1H3/b6-5?,17-16-. The highest BCUT2D eigenvalue weighted by Gasteiger charge is 1.90. The smallest absolute Gasteiger partial charge is 0.142 e. The van der Waals surface area contributed by atoms with E-state index >= 15 is 0 Å². The summed E-state index contributed by atoms with van der Waals surface area (Å²) in [5, 5.41) is 0. The number of allylic oxidation sites excluding steroid dienone is 4. The molecule has 0 aliphatic rings. The first-order chi connectivity index (χ1) is 9.41. The molecule has 0 aliphatic heterocycles. The van der Waals surface area contributed by atoms with Gasteiger partial charge in [0.15, 0.2) is 0 Å². The summed E-state index contributed by atoms with van der Waals surface area (Å²) in [7, 11) is 0. The van der Waals surface area contributed by atoms with Gasteiger partial charge in [0.1, 0.15) is 6.29 Å². The molecule has 0 N–H and O–H groups in total. The molecule has 0 aromatic carbocycles. The van der Waals surface area contributed by atoms with Gasteiger partial charge < -0.3 is 0 Å². The van der Waals surface area contributed by atoms with Gasteiger partial charge in [-0.3, -0.25) is 4.79 Å². The highest BCUT2D eigenvalue weighted by molar-refractivity contribution is 5.64. The maximum atomic E-state index is 10.0. The van der Waals surface area contributed by atoms with Gasteiger partial charge in [-0.15, -0.1) is 0 Å². The summed E-state index contributed by atoms with van der Waals surface area (Å²) in [4.78, 5) is 10.0. The molecular formula is C18H32O. The Morgan fingerprint density at radius 1 is 0.632 bits per heavy atom. The second-order valence-electron chi connectivity index (χ2n) is 5.23. The molecule has 0 fully saturated rings. The van der Waals surface area contributed by atoms with Crippen molar-refractivity contribution in [1.29, 1.82) is 0 Å². The van der Waals surface area contributed by atoms with Crippen molar-refractivity contribution < 1.29 is 4.79 Å². The summed E-state index contributed by atoms with van der Waals surface area (Å²) < 4.78 is 0. The van der Waals surface area contributed by atoms with Crippen molar-refractivity contribution in [2.45, 2.75) is 84.0 Å². The average Bonchev–Trinajstić information content (AvgIpc) is 2.43. The maximum Gasteiger partial charge on any atom is 0.142 e. The van der Waals surface area contributed by atoms with E-state index in [0.717, 1.165) is 12.7 Å². The number of unbranched alkanes of at least 4 members (excludes halogenated alkanes) is 10. The van der Waals surface area contributed by atoms with E-state index in [1.807, 2.05) is 6.08 Å².